The number of aliphatic hydroxyl groups excluding tert-OH is 1. The summed E-state index contributed by atoms with van der Waals surface area (Å²) in [5, 5.41) is 20.4. The van der Waals surface area contributed by atoms with Gasteiger partial charge in [0.1, 0.15) is 5.65 Å². The van der Waals surface area contributed by atoms with E-state index in [1.165, 1.54) is 6.07 Å². The van der Waals surface area contributed by atoms with Crippen LogP contribution < -0.4 is 4.74 Å². The summed E-state index contributed by atoms with van der Waals surface area (Å²) in [5.41, 5.74) is 2.59. The van der Waals surface area contributed by atoms with Gasteiger partial charge in [-0.2, -0.15) is 0 Å². The van der Waals surface area contributed by atoms with Crippen LogP contribution in [0.4, 0.5) is 5.69 Å². The van der Waals surface area contributed by atoms with Crippen LogP contribution in [0.1, 0.15) is 12.5 Å². The van der Waals surface area contributed by atoms with Gasteiger partial charge < -0.3 is 14.2 Å². The molecule has 23 heavy (non-hydrogen) atoms. The van der Waals surface area contributed by atoms with Crippen molar-refractivity contribution in [3.8, 4) is 17.0 Å². The molecule has 0 saturated carbocycles. The minimum absolute atomic E-state index is 0.0623. The van der Waals surface area contributed by atoms with E-state index in [1.807, 2.05) is 0 Å². The van der Waals surface area contributed by atoms with Crippen LogP contribution in [0.3, 0.4) is 0 Å². The first-order valence-electron chi connectivity index (χ1n) is 7.12. The van der Waals surface area contributed by atoms with Crippen molar-refractivity contribution in [1.29, 1.82) is 0 Å². The Kier molecular flexibility index (Phi) is 3.94. The molecule has 7 heteroatoms. The van der Waals surface area contributed by atoms with Gasteiger partial charge in [0.05, 0.1) is 23.8 Å². The number of hydrogen-bond donors (Lipinski definition) is 1. The fourth-order valence-electron chi connectivity index (χ4n) is 2.36. The molecule has 0 fully saturated rings. The van der Waals surface area contributed by atoms with Crippen molar-refractivity contribution in [3.05, 3.63) is 58.4 Å². The van der Waals surface area contributed by atoms with Gasteiger partial charge in [0.25, 0.3) is 0 Å². The van der Waals surface area contributed by atoms with Gasteiger partial charge >= 0.3 is 5.69 Å². The third kappa shape index (κ3) is 2.86. The molecule has 0 amide bonds. The fourth-order valence-corrected chi connectivity index (χ4v) is 2.36. The molecular weight excluding hydrogens is 298 g/mol. The number of imidazole rings is 1. The van der Waals surface area contributed by atoms with E-state index in [4.69, 9.17) is 4.74 Å². The Balaban J connectivity index is 2.07. The Hall–Kier alpha value is -2.93. The Labute approximate surface area is 131 Å². The van der Waals surface area contributed by atoms with Crippen LogP contribution in [-0.4, -0.2) is 26.0 Å². The number of aliphatic hydroxyl groups is 1. The molecule has 7 nitrogen and oxygen atoms in total. The Morgan fingerprint density at radius 2 is 2.17 bits per heavy atom. The molecule has 0 spiro atoms. The molecule has 3 aromatic rings. The quantitative estimate of drug-likeness (QED) is 0.578. The van der Waals surface area contributed by atoms with Crippen LogP contribution in [0.25, 0.3) is 16.9 Å². The van der Waals surface area contributed by atoms with Crippen molar-refractivity contribution in [2.24, 2.45) is 0 Å². The minimum Gasteiger partial charge on any atom is -0.487 e. The summed E-state index contributed by atoms with van der Waals surface area (Å²) in [6, 6.07) is 8.35. The van der Waals surface area contributed by atoms with Crippen LogP contribution in [0, 0.1) is 10.1 Å². The lowest BCUT2D eigenvalue weighted by Gasteiger charge is -2.05. The van der Waals surface area contributed by atoms with E-state index >= 15 is 0 Å². The molecule has 2 heterocycles. The first kappa shape index (κ1) is 15.0. The molecular formula is C16H15N3O4. The third-order valence-electron chi connectivity index (χ3n) is 3.46. The molecule has 118 valence electrons. The first-order chi connectivity index (χ1) is 11.1. The molecule has 0 aliphatic carbocycles. The molecule has 2 aromatic heterocycles. The summed E-state index contributed by atoms with van der Waals surface area (Å²) in [6.07, 6.45) is 3.58. The number of ether oxygens (including phenoxy) is 1. The van der Waals surface area contributed by atoms with Crippen molar-refractivity contribution in [1.82, 2.24) is 9.38 Å². The van der Waals surface area contributed by atoms with Gasteiger partial charge in [-0.3, -0.25) is 10.1 Å². The maximum atomic E-state index is 11.2. The second kappa shape index (κ2) is 6.05. The van der Waals surface area contributed by atoms with Crippen LogP contribution in [0.5, 0.6) is 5.75 Å². The fraction of sp³-hybridized carbons (Fsp3) is 0.188. The van der Waals surface area contributed by atoms with Crippen molar-refractivity contribution >= 4 is 11.3 Å². The highest BCUT2D eigenvalue weighted by atomic mass is 16.6. The standard InChI is InChI=1S/C16H15N3O4/c1-2-23-15-4-3-12(8-14(15)19(21)22)13-9-18-6-5-11(10-20)7-16(18)17-13/h3-9,20H,2,10H2,1H3. The van der Waals surface area contributed by atoms with Gasteiger partial charge in [0.2, 0.25) is 0 Å². The number of fused-ring (bicyclic) bond motifs is 1. The molecule has 1 N–H and O–H groups in total. The Morgan fingerprint density at radius 1 is 1.35 bits per heavy atom. The monoisotopic (exact) mass is 313 g/mol. The van der Waals surface area contributed by atoms with E-state index in [0.717, 1.165) is 5.56 Å². The topological polar surface area (TPSA) is 89.9 Å². The number of pyridine rings is 1. The predicted molar refractivity (Wildman–Crippen MR) is 84.4 cm³/mol. The summed E-state index contributed by atoms with van der Waals surface area (Å²) in [7, 11) is 0. The number of nitro groups is 1. The van der Waals surface area contributed by atoms with Crippen molar-refractivity contribution in [2.75, 3.05) is 6.61 Å². The van der Waals surface area contributed by atoms with Crippen LogP contribution in [-0.2, 0) is 6.61 Å². The lowest BCUT2D eigenvalue weighted by molar-refractivity contribution is -0.385. The molecule has 0 unspecified atom stereocenters. The summed E-state index contributed by atoms with van der Waals surface area (Å²) in [4.78, 5) is 15.2. The van der Waals surface area contributed by atoms with Gasteiger partial charge in [-0.1, -0.05) is 0 Å². The van der Waals surface area contributed by atoms with Crippen molar-refractivity contribution in [2.45, 2.75) is 13.5 Å². The molecule has 0 atom stereocenters. The zero-order valence-electron chi connectivity index (χ0n) is 12.5. The van der Waals surface area contributed by atoms with Crippen molar-refractivity contribution < 1.29 is 14.8 Å². The SMILES string of the molecule is CCOc1ccc(-c2cn3ccc(CO)cc3n2)cc1[N+](=O)[O-]. The lowest BCUT2D eigenvalue weighted by atomic mass is 10.1. The van der Waals surface area contributed by atoms with Gasteiger partial charge in [-0.15, -0.1) is 0 Å². The molecule has 0 radical (unpaired) electrons. The summed E-state index contributed by atoms with van der Waals surface area (Å²) < 4.78 is 7.09. The van der Waals surface area contributed by atoms with Crippen LogP contribution in [0.15, 0.2) is 42.7 Å². The Bertz CT molecular complexity index is 873. The average Bonchev–Trinajstić information content (AvgIpc) is 2.98. The maximum absolute atomic E-state index is 11.2. The summed E-state index contributed by atoms with van der Waals surface area (Å²) in [6.45, 7) is 2.07. The zero-order chi connectivity index (χ0) is 16.4. The van der Waals surface area contributed by atoms with E-state index in [2.05, 4.69) is 4.98 Å². The second-order valence-corrected chi connectivity index (χ2v) is 4.96. The normalized spacial score (nSPS) is 10.9. The predicted octanol–water partition coefficient (Wildman–Crippen LogP) is 2.80. The van der Waals surface area contributed by atoms with E-state index in [9.17, 15) is 15.2 Å². The number of nitrogens with zero attached hydrogens (tertiary/aromatic N) is 3. The van der Waals surface area contributed by atoms with E-state index < -0.39 is 4.92 Å². The summed E-state index contributed by atoms with van der Waals surface area (Å²) in [5.74, 6) is 0.243. The van der Waals surface area contributed by atoms with E-state index in [1.54, 1.807) is 48.0 Å². The molecule has 0 aliphatic rings. The highest BCUT2D eigenvalue weighted by molar-refractivity contribution is 5.68. The van der Waals surface area contributed by atoms with Gasteiger partial charge in [-0.05, 0) is 36.8 Å². The van der Waals surface area contributed by atoms with Crippen LogP contribution in [0.2, 0.25) is 0 Å². The molecule has 0 saturated heterocycles. The minimum atomic E-state index is -0.464. The largest absolute Gasteiger partial charge is 0.487 e. The zero-order valence-corrected chi connectivity index (χ0v) is 12.5. The number of nitro benzene ring substituents is 1. The highest BCUT2D eigenvalue weighted by Gasteiger charge is 2.17. The van der Waals surface area contributed by atoms with Gasteiger partial charge in [0, 0.05) is 24.0 Å². The molecule has 0 aliphatic heterocycles. The number of aromatic nitrogens is 2. The summed E-state index contributed by atoms with van der Waals surface area (Å²) >= 11 is 0. The number of hydrogen-bond acceptors (Lipinski definition) is 5. The maximum Gasteiger partial charge on any atom is 0.311 e. The smallest absolute Gasteiger partial charge is 0.311 e. The van der Waals surface area contributed by atoms with Crippen molar-refractivity contribution in [3.63, 3.8) is 0 Å². The molecule has 1 aromatic carbocycles. The van der Waals surface area contributed by atoms with Crippen LogP contribution >= 0.6 is 0 Å². The Morgan fingerprint density at radius 3 is 2.87 bits per heavy atom. The number of rotatable bonds is 5. The van der Waals surface area contributed by atoms with Gasteiger partial charge in [-0.25, -0.2) is 4.98 Å². The number of benzene rings is 1. The average molecular weight is 313 g/mol. The highest BCUT2D eigenvalue weighted by Crippen LogP contribution is 2.32. The van der Waals surface area contributed by atoms with E-state index in [-0.39, 0.29) is 18.0 Å². The van der Waals surface area contributed by atoms with E-state index in [0.29, 0.717) is 23.5 Å². The molecule has 0 bridgehead atoms. The first-order valence-corrected chi connectivity index (χ1v) is 7.12. The van der Waals surface area contributed by atoms with Gasteiger partial charge in [0.15, 0.2) is 5.75 Å². The second-order valence-electron chi connectivity index (χ2n) is 4.96. The lowest BCUT2D eigenvalue weighted by Crippen LogP contribution is -1.97. The third-order valence-corrected chi connectivity index (χ3v) is 3.46. The molecule has 3 rings (SSSR count).